The van der Waals surface area contributed by atoms with Crippen LogP contribution in [0.5, 0.6) is 11.5 Å². The summed E-state index contributed by atoms with van der Waals surface area (Å²) in [6.07, 6.45) is 8.47. The number of methoxy groups -OCH3 is 2. The molecule has 27 heavy (non-hydrogen) atoms. The molecule has 0 amide bonds. The third-order valence-electron chi connectivity index (χ3n) is 5.48. The highest BCUT2D eigenvalue weighted by molar-refractivity contribution is 5.96. The Morgan fingerprint density at radius 1 is 0.889 bits per heavy atom. The topological polar surface area (TPSA) is 36.9 Å². The standard InChI is InChI=1S/C23H32O4/c1-4-5-6-9-17-12-13-20-21(14-17)23(27-16-25-3)19-11-8-7-10-18(19)22(20)26-15-24-2/h7-8,10-11,17H,4-6,9,12-16H2,1-3H3. The zero-order valence-electron chi connectivity index (χ0n) is 16.9. The Morgan fingerprint density at radius 3 is 2.11 bits per heavy atom. The van der Waals surface area contributed by atoms with E-state index < -0.39 is 0 Å². The maximum absolute atomic E-state index is 6.09. The van der Waals surface area contributed by atoms with Gasteiger partial charge in [-0.15, -0.1) is 0 Å². The normalized spacial score (nSPS) is 16.3. The second-order valence-electron chi connectivity index (χ2n) is 7.37. The average molecular weight is 373 g/mol. The molecule has 1 aliphatic carbocycles. The summed E-state index contributed by atoms with van der Waals surface area (Å²) < 4.78 is 22.5. The van der Waals surface area contributed by atoms with Crippen LogP contribution in [0.2, 0.25) is 0 Å². The maximum atomic E-state index is 6.09. The van der Waals surface area contributed by atoms with Crippen LogP contribution in [0.25, 0.3) is 10.8 Å². The first-order chi connectivity index (χ1) is 13.3. The fraction of sp³-hybridized carbons (Fsp3) is 0.565. The molecule has 1 aliphatic rings. The summed E-state index contributed by atoms with van der Waals surface area (Å²) in [5, 5.41) is 2.18. The molecule has 0 aromatic heterocycles. The lowest BCUT2D eigenvalue weighted by atomic mass is 9.79. The molecular weight excluding hydrogens is 340 g/mol. The van der Waals surface area contributed by atoms with Crippen LogP contribution in [0.3, 0.4) is 0 Å². The minimum atomic E-state index is 0.259. The van der Waals surface area contributed by atoms with Crippen LogP contribution in [0.15, 0.2) is 24.3 Å². The van der Waals surface area contributed by atoms with Crippen LogP contribution in [0.1, 0.15) is 50.2 Å². The summed E-state index contributed by atoms with van der Waals surface area (Å²) in [5.41, 5.74) is 2.58. The molecule has 0 fully saturated rings. The van der Waals surface area contributed by atoms with Gasteiger partial charge in [-0.05, 0) is 25.2 Å². The quantitative estimate of drug-likeness (QED) is 0.408. The number of ether oxygens (including phenoxy) is 4. The summed E-state index contributed by atoms with van der Waals surface area (Å²) in [5.74, 6) is 2.64. The largest absolute Gasteiger partial charge is 0.467 e. The van der Waals surface area contributed by atoms with E-state index in [0.29, 0.717) is 5.92 Å². The Morgan fingerprint density at radius 2 is 1.52 bits per heavy atom. The zero-order chi connectivity index (χ0) is 19.1. The Hall–Kier alpha value is -1.78. The van der Waals surface area contributed by atoms with Gasteiger partial charge in [0.25, 0.3) is 0 Å². The maximum Gasteiger partial charge on any atom is 0.188 e. The van der Waals surface area contributed by atoms with Gasteiger partial charge in [-0.1, -0.05) is 56.9 Å². The van der Waals surface area contributed by atoms with Gasteiger partial charge in [0.15, 0.2) is 13.6 Å². The van der Waals surface area contributed by atoms with E-state index in [0.717, 1.165) is 35.1 Å². The molecule has 0 N–H and O–H groups in total. The van der Waals surface area contributed by atoms with Crippen LogP contribution in [0.4, 0.5) is 0 Å². The van der Waals surface area contributed by atoms with Crippen molar-refractivity contribution in [2.75, 3.05) is 27.8 Å². The van der Waals surface area contributed by atoms with E-state index in [1.165, 1.54) is 43.2 Å². The van der Waals surface area contributed by atoms with Gasteiger partial charge in [0.2, 0.25) is 0 Å². The third-order valence-corrected chi connectivity index (χ3v) is 5.48. The molecule has 2 aromatic carbocycles. The first kappa shape index (κ1) is 20.0. The van der Waals surface area contributed by atoms with Crippen molar-refractivity contribution in [2.24, 2.45) is 5.92 Å². The number of fused-ring (bicyclic) bond motifs is 2. The molecule has 4 heteroatoms. The van der Waals surface area contributed by atoms with Gasteiger partial charge >= 0.3 is 0 Å². The highest BCUT2D eigenvalue weighted by Crippen LogP contribution is 2.46. The fourth-order valence-corrected chi connectivity index (χ4v) is 4.19. The van der Waals surface area contributed by atoms with Crippen LogP contribution in [0, 0.1) is 5.92 Å². The Labute approximate surface area is 162 Å². The molecule has 0 radical (unpaired) electrons. The van der Waals surface area contributed by atoms with Gasteiger partial charge < -0.3 is 18.9 Å². The number of unbranched alkanes of at least 4 members (excludes halogenated alkanes) is 2. The van der Waals surface area contributed by atoms with Crippen molar-refractivity contribution in [1.29, 1.82) is 0 Å². The molecule has 0 heterocycles. The van der Waals surface area contributed by atoms with Crippen LogP contribution < -0.4 is 9.47 Å². The van der Waals surface area contributed by atoms with Gasteiger partial charge in [0, 0.05) is 36.1 Å². The minimum Gasteiger partial charge on any atom is -0.467 e. The Balaban J connectivity index is 2.03. The predicted octanol–water partition coefficient (Wildman–Crippen LogP) is 5.49. The molecule has 0 bridgehead atoms. The summed E-state index contributed by atoms with van der Waals surface area (Å²) in [7, 11) is 3.33. The molecule has 148 valence electrons. The molecule has 3 rings (SSSR count). The van der Waals surface area contributed by atoms with E-state index in [1.807, 2.05) is 6.07 Å². The molecule has 0 saturated carbocycles. The Kier molecular flexibility index (Phi) is 7.36. The first-order valence-electron chi connectivity index (χ1n) is 10.1. The molecule has 4 nitrogen and oxygen atoms in total. The summed E-state index contributed by atoms with van der Waals surface area (Å²) in [4.78, 5) is 0. The summed E-state index contributed by atoms with van der Waals surface area (Å²) in [6, 6.07) is 8.31. The number of rotatable bonds is 10. The lowest BCUT2D eigenvalue weighted by Crippen LogP contribution is -2.18. The SMILES string of the molecule is CCCCCC1CCc2c(c(OCOC)c3ccccc3c2OCOC)C1. The van der Waals surface area contributed by atoms with Crippen molar-refractivity contribution in [2.45, 2.75) is 51.9 Å². The van der Waals surface area contributed by atoms with Crippen molar-refractivity contribution in [3.8, 4) is 11.5 Å². The summed E-state index contributed by atoms with van der Waals surface area (Å²) >= 11 is 0. The van der Waals surface area contributed by atoms with Crippen LogP contribution >= 0.6 is 0 Å². The van der Waals surface area contributed by atoms with Crippen molar-refractivity contribution >= 4 is 10.8 Å². The van der Waals surface area contributed by atoms with E-state index in [9.17, 15) is 0 Å². The van der Waals surface area contributed by atoms with E-state index in [-0.39, 0.29) is 13.6 Å². The van der Waals surface area contributed by atoms with Crippen LogP contribution in [-0.4, -0.2) is 27.8 Å². The first-order valence-corrected chi connectivity index (χ1v) is 10.1. The van der Waals surface area contributed by atoms with E-state index in [1.54, 1.807) is 14.2 Å². The summed E-state index contributed by atoms with van der Waals surface area (Å²) in [6.45, 7) is 2.78. The van der Waals surface area contributed by atoms with Crippen molar-refractivity contribution in [3.05, 3.63) is 35.4 Å². The van der Waals surface area contributed by atoms with Crippen LogP contribution in [-0.2, 0) is 22.3 Å². The van der Waals surface area contributed by atoms with Gasteiger partial charge in [-0.3, -0.25) is 0 Å². The smallest absolute Gasteiger partial charge is 0.188 e. The van der Waals surface area contributed by atoms with Crippen molar-refractivity contribution in [1.82, 2.24) is 0 Å². The number of benzene rings is 2. The Bertz CT molecular complexity index is 741. The van der Waals surface area contributed by atoms with E-state index in [2.05, 4.69) is 25.1 Å². The number of hydrogen-bond donors (Lipinski definition) is 0. The average Bonchev–Trinajstić information content (AvgIpc) is 2.70. The highest BCUT2D eigenvalue weighted by atomic mass is 16.7. The molecule has 0 saturated heterocycles. The molecule has 0 aliphatic heterocycles. The second kappa shape index (κ2) is 9.95. The van der Waals surface area contributed by atoms with Crippen molar-refractivity contribution < 1.29 is 18.9 Å². The molecular formula is C23H32O4. The second-order valence-corrected chi connectivity index (χ2v) is 7.37. The predicted molar refractivity (Wildman–Crippen MR) is 109 cm³/mol. The van der Waals surface area contributed by atoms with E-state index >= 15 is 0 Å². The van der Waals surface area contributed by atoms with Gasteiger partial charge in [-0.25, -0.2) is 0 Å². The lowest BCUT2D eigenvalue weighted by Gasteiger charge is -2.29. The minimum absolute atomic E-state index is 0.259. The molecule has 1 atom stereocenters. The van der Waals surface area contributed by atoms with Gasteiger partial charge in [0.05, 0.1) is 0 Å². The molecule has 2 aromatic rings. The molecule has 1 unspecified atom stereocenters. The van der Waals surface area contributed by atoms with Gasteiger partial charge in [0.1, 0.15) is 11.5 Å². The van der Waals surface area contributed by atoms with Crippen molar-refractivity contribution in [3.63, 3.8) is 0 Å². The highest BCUT2D eigenvalue weighted by Gasteiger charge is 2.28. The van der Waals surface area contributed by atoms with E-state index in [4.69, 9.17) is 18.9 Å². The monoisotopic (exact) mass is 372 g/mol. The third kappa shape index (κ3) is 4.56. The lowest BCUT2D eigenvalue weighted by molar-refractivity contribution is 0.0483. The zero-order valence-corrected chi connectivity index (χ0v) is 16.9. The van der Waals surface area contributed by atoms with Gasteiger partial charge in [-0.2, -0.15) is 0 Å². The molecule has 0 spiro atoms. The fourth-order valence-electron chi connectivity index (χ4n) is 4.19. The number of hydrogen-bond acceptors (Lipinski definition) is 4.